The first-order valence-electron chi connectivity index (χ1n) is 5.38. The van der Waals surface area contributed by atoms with Gasteiger partial charge in [0, 0.05) is 18.0 Å². The van der Waals surface area contributed by atoms with Crippen LogP contribution < -0.4 is 0 Å². The molecule has 0 saturated heterocycles. The predicted octanol–water partition coefficient (Wildman–Crippen LogP) is 2.87. The van der Waals surface area contributed by atoms with Crippen molar-refractivity contribution in [3.05, 3.63) is 48.3 Å². The number of carbonyl (C=O) groups is 1. The van der Waals surface area contributed by atoms with Crippen LogP contribution in [0.2, 0.25) is 0 Å². The highest BCUT2D eigenvalue weighted by molar-refractivity contribution is 5.86. The smallest absolute Gasteiger partial charge is 0.338 e. The van der Waals surface area contributed by atoms with Crippen LogP contribution in [0.25, 0.3) is 11.4 Å². The molecular formula is C13H14N2O2. The van der Waals surface area contributed by atoms with Crippen LogP contribution in [0.5, 0.6) is 0 Å². The first-order valence-corrected chi connectivity index (χ1v) is 5.38. The van der Waals surface area contributed by atoms with Gasteiger partial charge < -0.3 is 5.11 Å². The average Bonchev–Trinajstić information content (AvgIpc) is 2.42. The van der Waals surface area contributed by atoms with E-state index in [1.165, 1.54) is 12.4 Å². The molecule has 1 N–H and O–H groups in total. The molecule has 0 unspecified atom stereocenters. The molecule has 1 aromatic heterocycles. The van der Waals surface area contributed by atoms with Gasteiger partial charge in [0.1, 0.15) is 0 Å². The van der Waals surface area contributed by atoms with Crippen LogP contribution in [0.4, 0.5) is 0 Å². The van der Waals surface area contributed by atoms with Gasteiger partial charge in [-0.15, -0.1) is 0 Å². The number of hydrogen-bond donors (Lipinski definition) is 1. The van der Waals surface area contributed by atoms with E-state index in [-0.39, 0.29) is 5.56 Å². The lowest BCUT2D eigenvalue weighted by Gasteiger charge is -1.99. The van der Waals surface area contributed by atoms with Crippen molar-refractivity contribution in [1.29, 1.82) is 0 Å². The van der Waals surface area contributed by atoms with Crippen molar-refractivity contribution in [1.82, 2.24) is 9.97 Å². The summed E-state index contributed by atoms with van der Waals surface area (Å²) in [4.78, 5) is 18.5. The van der Waals surface area contributed by atoms with Crippen molar-refractivity contribution >= 4 is 5.97 Å². The van der Waals surface area contributed by atoms with Crippen LogP contribution in [-0.4, -0.2) is 21.0 Å². The third-order valence-electron chi connectivity index (χ3n) is 1.93. The van der Waals surface area contributed by atoms with Crippen LogP contribution in [0.15, 0.2) is 42.7 Å². The lowest BCUT2D eigenvalue weighted by molar-refractivity contribution is 0.0696. The standard InChI is InChI=1S/C11H8N2O2.C2H6/c14-11(15)9-6-12-10(13-7-9)8-4-2-1-3-5-8;1-2/h1-7H,(H,14,15);1-2H3. The van der Waals surface area contributed by atoms with E-state index in [0.29, 0.717) is 5.82 Å². The maximum absolute atomic E-state index is 10.6. The Labute approximate surface area is 100.0 Å². The van der Waals surface area contributed by atoms with Gasteiger partial charge in [-0.1, -0.05) is 44.2 Å². The Hall–Kier alpha value is -2.23. The number of benzene rings is 1. The van der Waals surface area contributed by atoms with Crippen molar-refractivity contribution in [2.45, 2.75) is 13.8 Å². The van der Waals surface area contributed by atoms with E-state index in [9.17, 15) is 4.79 Å². The minimum Gasteiger partial charge on any atom is -0.478 e. The lowest BCUT2D eigenvalue weighted by atomic mass is 10.2. The van der Waals surface area contributed by atoms with Crippen molar-refractivity contribution in [3.63, 3.8) is 0 Å². The normalized spacial score (nSPS) is 9.06. The van der Waals surface area contributed by atoms with Crippen molar-refractivity contribution < 1.29 is 9.90 Å². The third kappa shape index (κ3) is 3.38. The van der Waals surface area contributed by atoms with Gasteiger partial charge in [-0.2, -0.15) is 0 Å². The molecule has 0 spiro atoms. The van der Waals surface area contributed by atoms with Crippen LogP contribution >= 0.6 is 0 Å². The molecule has 1 heterocycles. The van der Waals surface area contributed by atoms with Crippen molar-refractivity contribution in [2.75, 3.05) is 0 Å². The number of hydrogen-bond acceptors (Lipinski definition) is 3. The maximum atomic E-state index is 10.6. The number of nitrogens with zero attached hydrogens (tertiary/aromatic N) is 2. The van der Waals surface area contributed by atoms with Gasteiger partial charge in [-0.25, -0.2) is 14.8 Å². The summed E-state index contributed by atoms with van der Waals surface area (Å²) >= 11 is 0. The maximum Gasteiger partial charge on any atom is 0.338 e. The zero-order valence-electron chi connectivity index (χ0n) is 9.79. The third-order valence-corrected chi connectivity index (χ3v) is 1.93. The van der Waals surface area contributed by atoms with Crippen LogP contribution in [-0.2, 0) is 0 Å². The lowest BCUT2D eigenvalue weighted by Crippen LogP contribution is -1.99. The molecule has 4 nitrogen and oxygen atoms in total. The van der Waals surface area contributed by atoms with Gasteiger partial charge in [0.2, 0.25) is 0 Å². The molecule has 0 amide bonds. The molecule has 4 heteroatoms. The summed E-state index contributed by atoms with van der Waals surface area (Å²) in [5.41, 5.74) is 0.962. The molecule has 0 radical (unpaired) electrons. The zero-order chi connectivity index (χ0) is 12.7. The molecule has 0 fully saturated rings. The fraction of sp³-hybridized carbons (Fsp3) is 0.154. The van der Waals surface area contributed by atoms with Gasteiger partial charge in [0.25, 0.3) is 0 Å². The molecule has 0 atom stereocenters. The zero-order valence-corrected chi connectivity index (χ0v) is 9.79. The minimum absolute atomic E-state index is 0.0923. The Morgan fingerprint density at radius 1 is 1.06 bits per heavy atom. The van der Waals surface area contributed by atoms with Crippen LogP contribution in [0.1, 0.15) is 24.2 Å². The highest BCUT2D eigenvalue weighted by Crippen LogP contribution is 2.12. The van der Waals surface area contributed by atoms with Gasteiger partial charge in [-0.05, 0) is 0 Å². The first kappa shape index (κ1) is 12.8. The van der Waals surface area contributed by atoms with E-state index in [0.717, 1.165) is 5.56 Å². The second-order valence-electron chi connectivity index (χ2n) is 2.97. The number of aromatic carboxylic acids is 1. The number of rotatable bonds is 2. The van der Waals surface area contributed by atoms with E-state index in [4.69, 9.17) is 5.11 Å². The summed E-state index contributed by atoms with van der Waals surface area (Å²) < 4.78 is 0. The summed E-state index contributed by atoms with van der Waals surface area (Å²) in [6.45, 7) is 4.00. The monoisotopic (exact) mass is 230 g/mol. The summed E-state index contributed by atoms with van der Waals surface area (Å²) in [5, 5.41) is 8.67. The largest absolute Gasteiger partial charge is 0.478 e. The SMILES string of the molecule is CC.O=C(O)c1cnc(-c2ccccc2)nc1. The Kier molecular flexibility index (Phi) is 4.81. The van der Waals surface area contributed by atoms with Gasteiger partial charge >= 0.3 is 5.97 Å². The van der Waals surface area contributed by atoms with E-state index < -0.39 is 5.97 Å². The molecule has 88 valence electrons. The quantitative estimate of drug-likeness (QED) is 0.861. The molecule has 2 rings (SSSR count). The number of aromatic nitrogens is 2. The Balaban J connectivity index is 0.000000686. The molecule has 0 aliphatic heterocycles. The molecule has 0 bridgehead atoms. The Bertz CT molecular complexity index is 467. The van der Waals surface area contributed by atoms with Crippen LogP contribution in [0.3, 0.4) is 0 Å². The predicted molar refractivity (Wildman–Crippen MR) is 65.8 cm³/mol. The molecule has 17 heavy (non-hydrogen) atoms. The summed E-state index contributed by atoms with van der Waals surface area (Å²) in [6.07, 6.45) is 2.61. The average molecular weight is 230 g/mol. The molecular weight excluding hydrogens is 216 g/mol. The minimum atomic E-state index is -1.02. The first-order chi connectivity index (χ1) is 8.27. The fourth-order valence-corrected chi connectivity index (χ4v) is 1.17. The van der Waals surface area contributed by atoms with Crippen molar-refractivity contribution in [2.24, 2.45) is 0 Å². The highest BCUT2D eigenvalue weighted by atomic mass is 16.4. The van der Waals surface area contributed by atoms with Crippen LogP contribution in [0, 0.1) is 0 Å². The van der Waals surface area contributed by atoms with Gasteiger partial charge in [-0.3, -0.25) is 0 Å². The van der Waals surface area contributed by atoms with E-state index in [1.807, 2.05) is 44.2 Å². The second-order valence-corrected chi connectivity index (χ2v) is 2.97. The summed E-state index contributed by atoms with van der Waals surface area (Å²) in [7, 11) is 0. The number of carboxylic acids is 1. The molecule has 0 aliphatic rings. The Morgan fingerprint density at radius 2 is 1.59 bits per heavy atom. The molecule has 1 aromatic carbocycles. The fourth-order valence-electron chi connectivity index (χ4n) is 1.17. The molecule has 0 saturated carbocycles. The van der Waals surface area contributed by atoms with Gasteiger partial charge in [0.05, 0.1) is 5.56 Å². The second kappa shape index (κ2) is 6.37. The van der Waals surface area contributed by atoms with E-state index >= 15 is 0 Å². The van der Waals surface area contributed by atoms with E-state index in [1.54, 1.807) is 0 Å². The van der Waals surface area contributed by atoms with Gasteiger partial charge in [0.15, 0.2) is 5.82 Å². The van der Waals surface area contributed by atoms with E-state index in [2.05, 4.69) is 9.97 Å². The molecule has 2 aromatic rings. The summed E-state index contributed by atoms with van der Waals surface area (Å²) in [6, 6.07) is 9.40. The number of carboxylic acid groups (broad SMARTS) is 1. The molecule has 0 aliphatic carbocycles. The summed E-state index contributed by atoms with van der Waals surface area (Å²) in [5.74, 6) is -0.491. The Morgan fingerprint density at radius 3 is 2.06 bits per heavy atom. The topological polar surface area (TPSA) is 63.1 Å². The van der Waals surface area contributed by atoms with Crippen molar-refractivity contribution in [3.8, 4) is 11.4 Å². The highest BCUT2D eigenvalue weighted by Gasteiger charge is 2.04.